The van der Waals surface area contributed by atoms with Gasteiger partial charge in [0.15, 0.2) is 5.78 Å². The zero-order valence-corrected chi connectivity index (χ0v) is 14.3. The van der Waals surface area contributed by atoms with Gasteiger partial charge in [0.05, 0.1) is 23.0 Å². The smallest absolute Gasteiger partial charge is 0.323 e. The van der Waals surface area contributed by atoms with Crippen LogP contribution in [0, 0.1) is 5.82 Å². The van der Waals surface area contributed by atoms with Gasteiger partial charge in [-0.2, -0.15) is 0 Å². The van der Waals surface area contributed by atoms with Crippen molar-refractivity contribution in [2.45, 2.75) is 19.9 Å². The fourth-order valence-electron chi connectivity index (χ4n) is 2.20. The van der Waals surface area contributed by atoms with Crippen molar-refractivity contribution in [3.8, 4) is 5.75 Å². The lowest BCUT2D eigenvalue weighted by molar-refractivity contribution is -0.118. The summed E-state index contributed by atoms with van der Waals surface area (Å²) in [7, 11) is 0. The maximum atomic E-state index is 13.3. The van der Waals surface area contributed by atoms with E-state index in [1.807, 2.05) is 0 Å². The number of rotatable bonds is 6. The number of benzene rings is 1. The Balaban J connectivity index is 2.01. The molecule has 0 aliphatic carbocycles. The summed E-state index contributed by atoms with van der Waals surface area (Å²) in [5.74, 6) is -1.29. The molecule has 9 heteroatoms. The summed E-state index contributed by atoms with van der Waals surface area (Å²) in [4.78, 5) is 35.2. The van der Waals surface area contributed by atoms with Crippen LogP contribution in [0.1, 0.15) is 24.2 Å². The molecule has 1 aromatic rings. The van der Waals surface area contributed by atoms with Crippen molar-refractivity contribution < 1.29 is 23.5 Å². The summed E-state index contributed by atoms with van der Waals surface area (Å²) in [6, 6.07) is 2.50. The van der Waals surface area contributed by atoms with E-state index in [-0.39, 0.29) is 40.8 Å². The Labute approximate surface area is 149 Å². The summed E-state index contributed by atoms with van der Waals surface area (Å²) >= 11 is 0. The van der Waals surface area contributed by atoms with Crippen LogP contribution in [0.4, 0.5) is 9.18 Å². The van der Waals surface area contributed by atoms with Crippen molar-refractivity contribution in [3.63, 3.8) is 0 Å². The number of Topliss-reactive ketones (excluding diaryl/α,β-unsaturated/α-hetero) is 1. The van der Waals surface area contributed by atoms with Crippen molar-refractivity contribution in [2.75, 3.05) is 6.61 Å². The highest BCUT2D eigenvalue weighted by Gasteiger charge is 2.24. The largest absolute Gasteiger partial charge is 0.491 e. The van der Waals surface area contributed by atoms with E-state index in [0.717, 1.165) is 6.07 Å². The van der Waals surface area contributed by atoms with Gasteiger partial charge in [-0.15, -0.1) is 0 Å². The lowest BCUT2D eigenvalue weighted by Gasteiger charge is -2.22. The predicted molar refractivity (Wildman–Crippen MR) is 91.5 cm³/mol. The zero-order chi connectivity index (χ0) is 19.4. The van der Waals surface area contributed by atoms with E-state index in [4.69, 9.17) is 10.5 Å². The van der Waals surface area contributed by atoms with Gasteiger partial charge in [0, 0.05) is 0 Å². The van der Waals surface area contributed by atoms with Crippen molar-refractivity contribution in [2.24, 2.45) is 5.73 Å². The maximum Gasteiger partial charge on any atom is 0.323 e. The number of hydrogen-bond acceptors (Lipinski definition) is 5. The molecule has 0 fully saturated rings. The van der Waals surface area contributed by atoms with E-state index in [1.165, 1.54) is 19.1 Å². The first-order valence-corrected chi connectivity index (χ1v) is 7.70. The van der Waals surface area contributed by atoms with Crippen LogP contribution in [0.5, 0.6) is 5.75 Å². The van der Waals surface area contributed by atoms with Crippen LogP contribution < -0.4 is 26.4 Å². The highest BCUT2D eigenvalue weighted by molar-refractivity contribution is 6.00. The molecule has 5 N–H and O–H groups in total. The molecular formula is C17H19FN4O4. The first-order chi connectivity index (χ1) is 12.2. The zero-order valence-electron chi connectivity index (χ0n) is 14.3. The first kappa shape index (κ1) is 19.0. The van der Waals surface area contributed by atoms with Gasteiger partial charge in [0.25, 0.3) is 5.91 Å². The minimum atomic E-state index is -0.615. The number of urea groups is 1. The van der Waals surface area contributed by atoms with Crippen LogP contribution in [0.2, 0.25) is 0 Å². The lowest BCUT2D eigenvalue weighted by Crippen LogP contribution is -2.49. The van der Waals surface area contributed by atoms with Crippen molar-refractivity contribution >= 4 is 17.7 Å². The van der Waals surface area contributed by atoms with Gasteiger partial charge in [0.1, 0.15) is 23.9 Å². The summed E-state index contributed by atoms with van der Waals surface area (Å²) in [5.41, 5.74) is 5.87. The van der Waals surface area contributed by atoms with Crippen molar-refractivity contribution in [1.82, 2.24) is 16.0 Å². The van der Waals surface area contributed by atoms with Gasteiger partial charge in [-0.05, 0) is 32.0 Å². The monoisotopic (exact) mass is 362 g/mol. The molecule has 0 radical (unpaired) electrons. The molecule has 0 spiro atoms. The standard InChI is InChI=1S/C17H19FN4O4/c1-8(7-26-13-5-4-11(18)6-12(13)10(3)23)20-16(24)15-14(19)9(2)21-17(25)22-15/h4-6,8H,2,7,19H2,1,3H3,(H,20,24)(H2,21,22,25)/t8-/m1/s1. The molecule has 2 rings (SSSR count). The summed E-state index contributed by atoms with van der Waals surface area (Å²) in [6.07, 6.45) is 0. The number of hydrogen-bond donors (Lipinski definition) is 4. The fraction of sp³-hybridized carbons (Fsp3) is 0.235. The topological polar surface area (TPSA) is 123 Å². The Morgan fingerprint density at radius 1 is 1.38 bits per heavy atom. The third-order valence-corrected chi connectivity index (χ3v) is 3.51. The molecule has 0 saturated heterocycles. The average molecular weight is 362 g/mol. The summed E-state index contributed by atoms with van der Waals surface area (Å²) in [6.45, 7) is 6.51. The van der Waals surface area contributed by atoms with Crippen LogP contribution in [-0.4, -0.2) is 30.4 Å². The molecule has 1 aliphatic heterocycles. The van der Waals surface area contributed by atoms with Gasteiger partial charge in [-0.1, -0.05) is 6.58 Å². The Hall–Kier alpha value is -3.36. The predicted octanol–water partition coefficient (Wildman–Crippen LogP) is 0.909. The molecule has 1 atom stereocenters. The van der Waals surface area contributed by atoms with Gasteiger partial charge < -0.3 is 26.4 Å². The second kappa shape index (κ2) is 7.68. The minimum Gasteiger partial charge on any atom is -0.491 e. The number of ketones is 1. The number of halogens is 1. The van der Waals surface area contributed by atoms with Crippen LogP contribution >= 0.6 is 0 Å². The number of carbonyl (C=O) groups excluding carboxylic acids is 3. The Morgan fingerprint density at radius 3 is 2.73 bits per heavy atom. The minimum absolute atomic E-state index is 0.0119. The normalized spacial score (nSPS) is 15.0. The molecule has 1 heterocycles. The third kappa shape index (κ3) is 4.38. The van der Waals surface area contributed by atoms with Crippen LogP contribution in [-0.2, 0) is 4.79 Å². The molecule has 0 unspecified atom stereocenters. The Bertz CT molecular complexity index is 819. The SMILES string of the molecule is C=C1NC(=O)NC(C(=O)N[C@H](C)COc2ccc(F)cc2C(C)=O)=C1N. The molecule has 138 valence electrons. The lowest BCUT2D eigenvalue weighted by atomic mass is 10.1. The molecule has 8 nitrogen and oxygen atoms in total. The molecular weight excluding hydrogens is 343 g/mol. The van der Waals surface area contributed by atoms with Gasteiger partial charge >= 0.3 is 6.03 Å². The molecule has 0 aromatic heterocycles. The van der Waals surface area contributed by atoms with Crippen LogP contribution in [0.15, 0.2) is 41.9 Å². The van der Waals surface area contributed by atoms with E-state index in [0.29, 0.717) is 0 Å². The van der Waals surface area contributed by atoms with E-state index >= 15 is 0 Å². The van der Waals surface area contributed by atoms with E-state index in [1.54, 1.807) is 6.92 Å². The van der Waals surface area contributed by atoms with Crippen LogP contribution in [0.25, 0.3) is 0 Å². The number of nitrogens with two attached hydrogens (primary N) is 1. The Morgan fingerprint density at radius 2 is 2.08 bits per heavy atom. The van der Waals surface area contributed by atoms with E-state index < -0.39 is 23.8 Å². The van der Waals surface area contributed by atoms with Gasteiger partial charge in [-0.25, -0.2) is 9.18 Å². The number of carbonyl (C=O) groups is 3. The van der Waals surface area contributed by atoms with E-state index in [2.05, 4.69) is 22.5 Å². The third-order valence-electron chi connectivity index (χ3n) is 3.51. The molecule has 0 bridgehead atoms. The fourth-order valence-corrected chi connectivity index (χ4v) is 2.20. The molecule has 1 aromatic carbocycles. The second-order valence-electron chi connectivity index (χ2n) is 5.73. The molecule has 26 heavy (non-hydrogen) atoms. The number of ether oxygens (including phenoxy) is 1. The van der Waals surface area contributed by atoms with Crippen molar-refractivity contribution in [1.29, 1.82) is 0 Å². The Kier molecular flexibility index (Phi) is 5.61. The van der Waals surface area contributed by atoms with Crippen molar-refractivity contribution in [3.05, 3.63) is 53.2 Å². The van der Waals surface area contributed by atoms with Gasteiger partial charge in [-0.3, -0.25) is 9.59 Å². The highest BCUT2D eigenvalue weighted by Crippen LogP contribution is 2.20. The highest BCUT2D eigenvalue weighted by atomic mass is 19.1. The van der Waals surface area contributed by atoms with Gasteiger partial charge in [0.2, 0.25) is 0 Å². The molecule has 0 saturated carbocycles. The first-order valence-electron chi connectivity index (χ1n) is 7.70. The molecule has 1 aliphatic rings. The maximum absolute atomic E-state index is 13.3. The second-order valence-corrected chi connectivity index (χ2v) is 5.73. The summed E-state index contributed by atoms with van der Waals surface area (Å²) in [5, 5.41) is 7.26. The summed E-state index contributed by atoms with van der Waals surface area (Å²) < 4.78 is 18.8. The van der Waals surface area contributed by atoms with E-state index in [9.17, 15) is 18.8 Å². The number of nitrogens with one attached hydrogen (secondary N) is 3. The number of amides is 3. The molecule has 3 amide bonds. The quantitative estimate of drug-likeness (QED) is 0.560. The van der Waals surface area contributed by atoms with Crippen LogP contribution in [0.3, 0.4) is 0 Å². The average Bonchev–Trinajstić information content (AvgIpc) is 2.56.